The monoisotopic (exact) mass is 325 g/mol. The van der Waals surface area contributed by atoms with Crippen LogP contribution in [0.4, 0.5) is 11.5 Å². The Bertz CT molecular complexity index is 609. The van der Waals surface area contributed by atoms with Crippen LogP contribution in [-0.2, 0) is 9.59 Å². The molecule has 0 bridgehead atoms. The fourth-order valence-corrected chi connectivity index (χ4v) is 2.16. The summed E-state index contributed by atoms with van der Waals surface area (Å²) in [6.07, 6.45) is 4.54. The van der Waals surface area contributed by atoms with E-state index in [-0.39, 0.29) is 10.4 Å². The molecule has 2 rings (SSSR count). The fraction of sp³-hybridized carbons (Fsp3) is 0.308. The van der Waals surface area contributed by atoms with Gasteiger partial charge in [-0.2, -0.15) is 5.84 Å². The lowest BCUT2D eigenvalue weighted by Crippen LogP contribution is -2.53. The summed E-state index contributed by atoms with van der Waals surface area (Å²) in [5, 5.41) is 26.4. The van der Waals surface area contributed by atoms with Crippen LogP contribution in [0.5, 0.6) is 0 Å². The molecule has 124 valence electrons. The van der Waals surface area contributed by atoms with Crippen LogP contribution < -0.4 is 10.4 Å². The van der Waals surface area contributed by atoms with Gasteiger partial charge in [0.15, 0.2) is 0 Å². The molecule has 10 nitrogen and oxygen atoms in total. The second kappa shape index (κ2) is 7.96. The minimum atomic E-state index is -1.26. The average Bonchev–Trinajstić information content (AvgIpc) is 2.94. The van der Waals surface area contributed by atoms with Crippen LogP contribution in [0, 0.1) is 10.1 Å². The van der Waals surface area contributed by atoms with E-state index in [4.69, 9.17) is 16.1 Å². The second-order valence-corrected chi connectivity index (χ2v) is 4.80. The van der Waals surface area contributed by atoms with E-state index in [0.29, 0.717) is 17.8 Å². The number of quaternary nitrogens is 1. The number of hydrogen-bond acceptors (Lipinski definition) is 6. The van der Waals surface area contributed by atoms with Gasteiger partial charge in [-0.15, -0.1) is 0 Å². The molecule has 0 aliphatic carbocycles. The van der Waals surface area contributed by atoms with E-state index in [1.165, 1.54) is 6.20 Å². The Balaban J connectivity index is 0.000000284. The average molecular weight is 325 g/mol. The van der Waals surface area contributed by atoms with Crippen molar-refractivity contribution in [3.05, 3.63) is 40.6 Å². The molecule has 1 aromatic heterocycles. The molecule has 0 saturated carbocycles. The smallest absolute Gasteiger partial charge is 0.427 e. The first-order chi connectivity index (χ1) is 10.8. The van der Waals surface area contributed by atoms with E-state index < -0.39 is 16.9 Å². The van der Waals surface area contributed by atoms with Crippen LogP contribution >= 0.6 is 0 Å². The summed E-state index contributed by atoms with van der Waals surface area (Å²) >= 11 is 0. The maximum absolute atomic E-state index is 10.8. The normalized spacial score (nSPS) is 15.7. The Morgan fingerprint density at radius 1 is 1.26 bits per heavy atom. The van der Waals surface area contributed by atoms with E-state index in [2.05, 4.69) is 4.98 Å². The first-order valence-electron chi connectivity index (χ1n) is 6.66. The first-order valence-corrected chi connectivity index (χ1v) is 6.66. The van der Waals surface area contributed by atoms with Crippen molar-refractivity contribution in [2.45, 2.75) is 12.8 Å². The number of nitro groups is 1. The van der Waals surface area contributed by atoms with E-state index in [1.54, 1.807) is 12.1 Å². The zero-order valence-electron chi connectivity index (χ0n) is 12.2. The van der Waals surface area contributed by atoms with Crippen molar-refractivity contribution in [2.24, 2.45) is 5.84 Å². The van der Waals surface area contributed by atoms with Gasteiger partial charge >= 0.3 is 17.8 Å². The van der Waals surface area contributed by atoms with Gasteiger partial charge in [-0.25, -0.2) is 14.2 Å². The Kier molecular flexibility index (Phi) is 6.30. The summed E-state index contributed by atoms with van der Waals surface area (Å²) in [7, 11) is 0. The van der Waals surface area contributed by atoms with Gasteiger partial charge in [0.2, 0.25) is 0 Å². The Labute approximate surface area is 131 Å². The number of aromatic nitrogens is 1. The molecule has 0 unspecified atom stereocenters. The number of carbonyl (C=O) groups is 2. The molecule has 4 N–H and O–H groups in total. The molecule has 23 heavy (non-hydrogen) atoms. The second-order valence-electron chi connectivity index (χ2n) is 4.80. The van der Waals surface area contributed by atoms with Crippen LogP contribution in [0.15, 0.2) is 30.5 Å². The van der Waals surface area contributed by atoms with E-state index in [9.17, 15) is 19.7 Å². The molecule has 0 atom stereocenters. The van der Waals surface area contributed by atoms with Crippen LogP contribution in [-0.4, -0.2) is 45.1 Å². The lowest BCUT2D eigenvalue weighted by Gasteiger charge is -2.25. The first kappa shape index (κ1) is 18.2. The number of nitrogens with zero attached hydrogens (tertiary/aromatic N) is 3. The minimum Gasteiger partial charge on any atom is -0.478 e. The number of rotatable bonds is 4. The number of nitrogens with two attached hydrogens (primary N) is 1. The van der Waals surface area contributed by atoms with Crippen molar-refractivity contribution in [2.75, 3.05) is 13.1 Å². The number of carboxylic acids is 2. The number of hydrogen-bond donors (Lipinski definition) is 3. The fourth-order valence-electron chi connectivity index (χ4n) is 2.16. The van der Waals surface area contributed by atoms with Crippen molar-refractivity contribution in [3.63, 3.8) is 0 Å². The predicted octanol–water partition coefficient (Wildman–Crippen LogP) is 0.676. The van der Waals surface area contributed by atoms with Gasteiger partial charge in [-0.3, -0.25) is 0 Å². The summed E-state index contributed by atoms with van der Waals surface area (Å²) in [6.45, 7) is 1.49. The van der Waals surface area contributed by atoms with Crippen molar-refractivity contribution in [1.82, 2.24) is 9.58 Å². The SMILES string of the molecule is N[N+]1(c2cccnc2[N+](=O)[O-])CCCC1.O=C(O)/C=C/C(=O)O. The summed E-state index contributed by atoms with van der Waals surface area (Å²) in [5.41, 5.74) is 0.514. The summed E-state index contributed by atoms with van der Waals surface area (Å²) < 4.78 is 0.143. The molecule has 0 aromatic carbocycles. The highest BCUT2D eigenvalue weighted by Gasteiger charge is 2.38. The molecule has 0 amide bonds. The molecule has 2 heterocycles. The molecule has 1 aliphatic heterocycles. The molecular formula is C13H17N4O6+. The minimum absolute atomic E-state index is 0.123. The van der Waals surface area contributed by atoms with Gasteiger partial charge in [-0.05, 0) is 16.0 Å². The molecule has 10 heteroatoms. The highest BCUT2D eigenvalue weighted by Crippen LogP contribution is 2.31. The van der Waals surface area contributed by atoms with Crippen LogP contribution in [0.25, 0.3) is 0 Å². The van der Waals surface area contributed by atoms with E-state index in [0.717, 1.165) is 25.9 Å². The van der Waals surface area contributed by atoms with Crippen LogP contribution in [0.2, 0.25) is 0 Å². The molecule has 0 spiro atoms. The summed E-state index contributed by atoms with van der Waals surface area (Å²) in [4.78, 5) is 33.2. The van der Waals surface area contributed by atoms with Gasteiger partial charge in [0.25, 0.3) is 5.69 Å². The highest BCUT2D eigenvalue weighted by molar-refractivity contribution is 5.89. The van der Waals surface area contributed by atoms with Gasteiger partial charge in [0.1, 0.15) is 19.3 Å². The highest BCUT2D eigenvalue weighted by atomic mass is 16.6. The maximum Gasteiger partial charge on any atom is 0.427 e. The molecule has 1 aliphatic rings. The Morgan fingerprint density at radius 2 is 1.78 bits per heavy atom. The lowest BCUT2D eigenvalue weighted by molar-refractivity contribution is -0.389. The zero-order valence-corrected chi connectivity index (χ0v) is 12.2. The maximum atomic E-state index is 10.8. The predicted molar refractivity (Wildman–Crippen MR) is 80.3 cm³/mol. The molecular weight excluding hydrogens is 308 g/mol. The third-order valence-corrected chi connectivity index (χ3v) is 3.15. The van der Waals surface area contributed by atoms with Crippen molar-refractivity contribution >= 4 is 23.4 Å². The van der Waals surface area contributed by atoms with Gasteiger partial charge in [0, 0.05) is 31.1 Å². The van der Waals surface area contributed by atoms with Crippen molar-refractivity contribution in [1.29, 1.82) is 0 Å². The number of pyridine rings is 1. The number of carboxylic acid groups (broad SMARTS) is 2. The topological polar surface area (TPSA) is 157 Å². The largest absolute Gasteiger partial charge is 0.478 e. The molecule has 0 radical (unpaired) electrons. The molecule has 1 aromatic rings. The van der Waals surface area contributed by atoms with Crippen LogP contribution in [0.3, 0.4) is 0 Å². The van der Waals surface area contributed by atoms with E-state index in [1.807, 2.05) is 0 Å². The summed E-state index contributed by atoms with van der Waals surface area (Å²) in [6, 6.07) is 3.38. The van der Waals surface area contributed by atoms with E-state index >= 15 is 0 Å². The Morgan fingerprint density at radius 3 is 2.22 bits per heavy atom. The molecule has 1 saturated heterocycles. The van der Waals surface area contributed by atoms with Crippen molar-refractivity contribution in [3.8, 4) is 0 Å². The van der Waals surface area contributed by atoms with Gasteiger partial charge in [0.05, 0.1) is 0 Å². The Hall–Kier alpha value is -2.85. The number of aliphatic carboxylic acids is 2. The van der Waals surface area contributed by atoms with Gasteiger partial charge < -0.3 is 20.3 Å². The van der Waals surface area contributed by atoms with Gasteiger partial charge in [-0.1, -0.05) is 0 Å². The third kappa shape index (κ3) is 5.45. The standard InChI is InChI=1S/C9H13N4O2.C4H4O4/c10-13(6-1-2-7-13)8-4-3-5-11-9(8)12(14)15;5-3(6)1-2-4(7)8/h3-5H,1-2,6-7,10H2;1-2H,(H,5,6)(H,7,8)/q+1;/b;2-1+. The quantitative estimate of drug-likeness (QED) is 0.240. The molecule has 1 fully saturated rings. The van der Waals surface area contributed by atoms with Crippen LogP contribution in [0.1, 0.15) is 12.8 Å². The van der Waals surface area contributed by atoms with Crippen molar-refractivity contribution < 1.29 is 24.7 Å². The lowest BCUT2D eigenvalue weighted by atomic mass is 10.3. The third-order valence-electron chi connectivity index (χ3n) is 3.15. The zero-order chi connectivity index (χ0) is 17.5. The summed E-state index contributed by atoms with van der Waals surface area (Å²) in [5.74, 6) is 3.47.